The van der Waals surface area contributed by atoms with Crippen LogP contribution in [-0.2, 0) is 48.8 Å². The molecular formula is C22H18MgO12S4. The van der Waals surface area contributed by atoms with Crippen molar-refractivity contribution in [2.45, 2.75) is 19.6 Å². The molecule has 204 valence electrons. The van der Waals surface area contributed by atoms with E-state index in [1.807, 2.05) is 0 Å². The van der Waals surface area contributed by atoms with Crippen LogP contribution in [0.4, 0.5) is 0 Å². The zero-order valence-corrected chi connectivity index (χ0v) is 24.8. The van der Waals surface area contributed by atoms with Gasteiger partial charge in [0.1, 0.15) is 30.0 Å². The van der Waals surface area contributed by atoms with Crippen molar-refractivity contribution < 1.29 is 51.1 Å². The van der Waals surface area contributed by atoms with Crippen LogP contribution in [0.15, 0.2) is 92.4 Å². The van der Waals surface area contributed by atoms with Gasteiger partial charge in [0.2, 0.25) is 0 Å². The van der Waals surface area contributed by atoms with E-state index < -0.39 is 60.1 Å². The molecule has 0 aliphatic heterocycles. The molecule has 0 aliphatic rings. The van der Waals surface area contributed by atoms with E-state index in [9.17, 15) is 42.8 Å². The zero-order chi connectivity index (χ0) is 28.5. The maximum atomic E-state index is 11.9. The van der Waals surface area contributed by atoms with E-state index in [-0.39, 0.29) is 33.8 Å². The van der Waals surface area contributed by atoms with Gasteiger partial charge in [-0.3, -0.25) is 8.37 Å². The Morgan fingerprint density at radius 2 is 0.821 bits per heavy atom. The van der Waals surface area contributed by atoms with Gasteiger partial charge in [0.15, 0.2) is 0 Å². The first-order valence-corrected chi connectivity index (χ1v) is 15.7. The predicted octanol–water partition coefficient (Wildman–Crippen LogP) is 1.78. The molecule has 0 saturated heterocycles. The SMILES string of the molecule is COS(=O)(=O)c1c(S(=O)(=O)[O-])ccc2ccccc12.COS(=O)(=O)c1c(S(=O)(=O)[O-])ccc2ccccc12.[Mg+2]. The Labute approximate surface area is 241 Å². The average Bonchev–Trinajstić information content (AvgIpc) is 2.86. The molecule has 0 fully saturated rings. The second-order valence-corrected chi connectivity index (χ2v) is 13.4. The second kappa shape index (κ2) is 12.1. The molecule has 4 rings (SSSR count). The van der Waals surface area contributed by atoms with Gasteiger partial charge in [-0.15, -0.1) is 0 Å². The molecule has 4 aromatic rings. The Balaban J connectivity index is 0.000000267. The van der Waals surface area contributed by atoms with E-state index in [0.29, 0.717) is 10.8 Å². The summed E-state index contributed by atoms with van der Waals surface area (Å²) in [4.78, 5) is -2.87. The van der Waals surface area contributed by atoms with Crippen LogP contribution >= 0.6 is 0 Å². The van der Waals surface area contributed by atoms with Crippen LogP contribution in [0.1, 0.15) is 0 Å². The molecule has 4 aromatic carbocycles. The Morgan fingerprint density at radius 1 is 0.513 bits per heavy atom. The normalized spacial score (nSPS) is 12.4. The first kappa shape index (κ1) is 33.0. The van der Waals surface area contributed by atoms with Crippen molar-refractivity contribution in [1.82, 2.24) is 0 Å². The molecule has 39 heavy (non-hydrogen) atoms. The molecular weight excluding hydrogens is 609 g/mol. The molecule has 0 heterocycles. The summed E-state index contributed by atoms with van der Waals surface area (Å²) >= 11 is 0. The summed E-state index contributed by atoms with van der Waals surface area (Å²) in [5, 5.41) is 1.23. The third kappa shape index (κ3) is 7.12. The summed E-state index contributed by atoms with van der Waals surface area (Å²) < 4.78 is 123. The summed E-state index contributed by atoms with van der Waals surface area (Å²) in [6.45, 7) is 0. The van der Waals surface area contributed by atoms with Gasteiger partial charge in [-0.05, 0) is 22.9 Å². The third-order valence-corrected chi connectivity index (χ3v) is 9.94. The van der Waals surface area contributed by atoms with Gasteiger partial charge < -0.3 is 9.11 Å². The third-order valence-electron chi connectivity index (χ3n) is 5.16. The van der Waals surface area contributed by atoms with Gasteiger partial charge in [-0.1, -0.05) is 60.7 Å². The molecule has 0 radical (unpaired) electrons. The molecule has 0 N–H and O–H groups in total. The Kier molecular flexibility index (Phi) is 10.3. The van der Waals surface area contributed by atoms with E-state index >= 15 is 0 Å². The van der Waals surface area contributed by atoms with Crippen LogP contribution in [0.2, 0.25) is 0 Å². The number of hydrogen-bond donors (Lipinski definition) is 0. The smallest absolute Gasteiger partial charge is 0.744 e. The largest absolute Gasteiger partial charge is 2.00 e. The number of rotatable bonds is 6. The summed E-state index contributed by atoms with van der Waals surface area (Å²) in [5.74, 6) is 0. The van der Waals surface area contributed by atoms with E-state index in [2.05, 4.69) is 8.37 Å². The summed E-state index contributed by atoms with van der Waals surface area (Å²) in [7, 11) is -16.7. The van der Waals surface area contributed by atoms with Crippen LogP contribution in [0.5, 0.6) is 0 Å². The van der Waals surface area contributed by atoms with Crippen molar-refractivity contribution in [2.75, 3.05) is 14.2 Å². The minimum absolute atomic E-state index is 0. The van der Waals surface area contributed by atoms with Gasteiger partial charge in [0.05, 0.1) is 24.0 Å². The first-order valence-electron chi connectivity index (χ1n) is 10.1. The van der Waals surface area contributed by atoms with E-state index in [4.69, 9.17) is 0 Å². The van der Waals surface area contributed by atoms with Crippen LogP contribution in [-0.4, -0.2) is 80.0 Å². The summed E-state index contributed by atoms with van der Waals surface area (Å²) in [6.07, 6.45) is 0. The van der Waals surface area contributed by atoms with Crippen molar-refractivity contribution in [3.63, 3.8) is 0 Å². The Bertz CT molecular complexity index is 1830. The Hall–Kier alpha value is -2.19. The van der Waals surface area contributed by atoms with Crippen molar-refractivity contribution in [1.29, 1.82) is 0 Å². The van der Waals surface area contributed by atoms with Crippen molar-refractivity contribution in [3.05, 3.63) is 72.8 Å². The van der Waals surface area contributed by atoms with E-state index in [1.54, 1.807) is 24.3 Å². The van der Waals surface area contributed by atoms with Crippen LogP contribution in [0.3, 0.4) is 0 Å². The number of hydrogen-bond acceptors (Lipinski definition) is 12. The molecule has 0 atom stereocenters. The molecule has 0 bridgehead atoms. The van der Waals surface area contributed by atoms with Gasteiger partial charge in [0, 0.05) is 10.8 Å². The average molecular weight is 627 g/mol. The van der Waals surface area contributed by atoms with Crippen molar-refractivity contribution in [3.8, 4) is 0 Å². The summed E-state index contributed by atoms with van der Waals surface area (Å²) in [6, 6.07) is 17.1. The topological polar surface area (TPSA) is 201 Å². The molecule has 0 aliphatic carbocycles. The van der Waals surface area contributed by atoms with Crippen LogP contribution in [0, 0.1) is 0 Å². The molecule has 0 amide bonds. The zero-order valence-electron chi connectivity index (χ0n) is 20.2. The van der Waals surface area contributed by atoms with Crippen molar-refractivity contribution >= 4 is 85.1 Å². The van der Waals surface area contributed by atoms with E-state index in [1.165, 1.54) is 36.4 Å². The Morgan fingerprint density at radius 3 is 1.10 bits per heavy atom. The van der Waals surface area contributed by atoms with Crippen LogP contribution < -0.4 is 0 Å². The van der Waals surface area contributed by atoms with Gasteiger partial charge >= 0.3 is 23.1 Å². The molecule has 0 saturated carbocycles. The maximum absolute atomic E-state index is 11.9. The monoisotopic (exact) mass is 626 g/mol. The second-order valence-electron chi connectivity index (χ2n) is 7.38. The standard InChI is InChI=1S/2C11H10O6S2.Mg/c2*1-17-19(15,16)11-9-5-3-2-4-8(9)6-7-10(11)18(12,13)14;/h2*2-7H,1H3,(H,12,13,14);/q;;+2/p-2. The molecule has 0 spiro atoms. The molecule has 12 nitrogen and oxygen atoms in total. The predicted molar refractivity (Wildman–Crippen MR) is 138 cm³/mol. The van der Waals surface area contributed by atoms with E-state index in [0.717, 1.165) is 26.4 Å². The number of benzene rings is 4. The van der Waals surface area contributed by atoms with Gasteiger partial charge in [-0.2, -0.15) is 16.8 Å². The number of fused-ring (bicyclic) bond motifs is 2. The fourth-order valence-corrected chi connectivity index (χ4v) is 7.76. The fourth-order valence-electron chi connectivity index (χ4n) is 3.52. The quantitative estimate of drug-likeness (QED) is 0.171. The van der Waals surface area contributed by atoms with Crippen molar-refractivity contribution in [2.24, 2.45) is 0 Å². The molecule has 0 unspecified atom stereocenters. The van der Waals surface area contributed by atoms with Gasteiger partial charge in [0.25, 0.3) is 20.2 Å². The molecule has 0 aromatic heterocycles. The van der Waals surface area contributed by atoms with Gasteiger partial charge in [-0.25, -0.2) is 16.8 Å². The first-order chi connectivity index (χ1) is 17.5. The minimum atomic E-state index is -4.93. The molecule has 17 heteroatoms. The minimum Gasteiger partial charge on any atom is -0.744 e. The maximum Gasteiger partial charge on any atom is 2.00 e. The fraction of sp³-hybridized carbons (Fsp3) is 0.0909. The van der Waals surface area contributed by atoms with Crippen LogP contribution in [0.25, 0.3) is 21.5 Å². The summed E-state index contributed by atoms with van der Waals surface area (Å²) in [5.41, 5.74) is 0.